The zero-order valence-corrected chi connectivity index (χ0v) is 16.1. The molecule has 0 radical (unpaired) electrons. The molecule has 1 N–H and O–H groups in total. The molecule has 0 aliphatic carbocycles. The van der Waals surface area contributed by atoms with Gasteiger partial charge in [0.2, 0.25) is 4.96 Å². The van der Waals surface area contributed by atoms with Gasteiger partial charge in [0.05, 0.1) is 5.69 Å². The third-order valence-electron chi connectivity index (χ3n) is 3.76. The van der Waals surface area contributed by atoms with E-state index in [1.165, 1.54) is 17.4 Å². The highest BCUT2D eigenvalue weighted by atomic mass is 35.5. The van der Waals surface area contributed by atoms with Crippen LogP contribution in [0.4, 0.5) is 5.95 Å². The fraction of sp³-hybridized carbons (Fsp3) is 0. The Morgan fingerprint density at radius 3 is 2.74 bits per heavy atom. The molecule has 8 heteroatoms. The summed E-state index contributed by atoms with van der Waals surface area (Å²) in [4.78, 5) is 17.2. The Hall–Kier alpha value is -2.67. The summed E-state index contributed by atoms with van der Waals surface area (Å²) in [5.41, 5.74) is 2.65. The van der Waals surface area contributed by atoms with Crippen LogP contribution in [0.3, 0.4) is 0 Å². The van der Waals surface area contributed by atoms with E-state index in [1.807, 2.05) is 35.7 Å². The van der Waals surface area contributed by atoms with E-state index in [4.69, 9.17) is 23.2 Å². The van der Waals surface area contributed by atoms with Crippen LogP contribution in [0, 0.1) is 0 Å². The molecule has 5 nitrogen and oxygen atoms in total. The molecule has 0 fully saturated rings. The van der Waals surface area contributed by atoms with Gasteiger partial charge in [-0.3, -0.25) is 10.1 Å². The smallest absolute Gasteiger partial charge is 0.250 e. The van der Waals surface area contributed by atoms with Crippen LogP contribution in [0.15, 0.2) is 60.0 Å². The predicted octanol–water partition coefficient (Wildman–Crippen LogP) is 5.42. The molecule has 0 saturated carbocycles. The van der Waals surface area contributed by atoms with Crippen molar-refractivity contribution in [3.8, 4) is 11.3 Å². The maximum atomic E-state index is 12.2. The molecule has 0 spiro atoms. The highest BCUT2D eigenvalue weighted by Gasteiger charge is 2.12. The number of benzene rings is 2. The van der Waals surface area contributed by atoms with E-state index < -0.39 is 0 Å². The van der Waals surface area contributed by atoms with Gasteiger partial charge in [-0.2, -0.15) is 4.98 Å². The predicted molar refractivity (Wildman–Crippen MR) is 110 cm³/mol. The lowest BCUT2D eigenvalue weighted by atomic mass is 10.2. The molecule has 1 amide bonds. The average Bonchev–Trinajstić information content (AvgIpc) is 3.21. The van der Waals surface area contributed by atoms with Crippen molar-refractivity contribution in [1.29, 1.82) is 0 Å². The molecule has 0 atom stereocenters. The Morgan fingerprint density at radius 2 is 1.96 bits per heavy atom. The van der Waals surface area contributed by atoms with Crippen LogP contribution in [0.5, 0.6) is 0 Å². The largest absolute Gasteiger partial charge is 0.290 e. The number of nitrogens with one attached hydrogen (secondary N) is 1. The topological polar surface area (TPSA) is 59.3 Å². The van der Waals surface area contributed by atoms with E-state index in [-0.39, 0.29) is 11.9 Å². The molecule has 27 heavy (non-hydrogen) atoms. The summed E-state index contributed by atoms with van der Waals surface area (Å²) in [6.07, 6.45) is 2.99. The van der Waals surface area contributed by atoms with Crippen molar-refractivity contribution in [2.24, 2.45) is 0 Å². The lowest BCUT2D eigenvalue weighted by molar-refractivity contribution is -0.111. The number of thiazole rings is 1. The number of halogens is 2. The Bertz CT molecular complexity index is 1150. The summed E-state index contributed by atoms with van der Waals surface area (Å²) in [6.45, 7) is 0. The Kier molecular flexibility index (Phi) is 4.94. The fourth-order valence-electron chi connectivity index (χ4n) is 2.50. The zero-order valence-electron chi connectivity index (χ0n) is 13.8. The van der Waals surface area contributed by atoms with Crippen molar-refractivity contribution in [2.75, 3.05) is 5.32 Å². The van der Waals surface area contributed by atoms with Crippen LogP contribution in [0.1, 0.15) is 5.56 Å². The van der Waals surface area contributed by atoms with E-state index in [1.54, 1.807) is 28.8 Å². The molecule has 4 aromatic rings. The lowest BCUT2D eigenvalue weighted by Crippen LogP contribution is -2.09. The Labute approximate surface area is 168 Å². The van der Waals surface area contributed by atoms with Gasteiger partial charge in [0.25, 0.3) is 11.9 Å². The van der Waals surface area contributed by atoms with Gasteiger partial charge in [-0.1, -0.05) is 59.6 Å². The summed E-state index contributed by atoms with van der Waals surface area (Å²) < 4.78 is 1.72. The molecule has 0 saturated heterocycles. The second-order valence-corrected chi connectivity index (χ2v) is 7.29. The summed E-state index contributed by atoms with van der Waals surface area (Å²) in [5, 5.41) is 10.0. The number of nitrogens with zero attached hydrogens (tertiary/aromatic N) is 3. The standard InChI is InChI=1S/C19H12Cl2N4OS/c20-14-8-6-12(15(21)10-14)7-9-17(26)22-18-23-19-25(24-18)16(11-27-19)13-4-2-1-3-5-13/h1-11H,(H,22,24,26)/b9-7+. The molecule has 0 aliphatic heterocycles. The van der Waals surface area contributed by atoms with Gasteiger partial charge in [0, 0.05) is 27.1 Å². The maximum absolute atomic E-state index is 12.2. The SMILES string of the molecule is O=C(/C=C/c1ccc(Cl)cc1Cl)Nc1nc2scc(-c3ccccc3)n2n1. The van der Waals surface area contributed by atoms with E-state index >= 15 is 0 Å². The third-order valence-corrected chi connectivity index (χ3v) is 5.14. The number of hydrogen-bond acceptors (Lipinski definition) is 4. The summed E-state index contributed by atoms with van der Waals surface area (Å²) in [6, 6.07) is 15.0. The number of anilines is 1. The van der Waals surface area contributed by atoms with Gasteiger partial charge in [-0.15, -0.1) is 16.4 Å². The number of hydrogen-bond donors (Lipinski definition) is 1. The van der Waals surface area contributed by atoms with Crippen LogP contribution < -0.4 is 5.32 Å². The quantitative estimate of drug-likeness (QED) is 0.453. The molecule has 134 valence electrons. The van der Waals surface area contributed by atoms with Gasteiger partial charge < -0.3 is 0 Å². The first-order valence-corrected chi connectivity index (χ1v) is 9.57. The number of carbonyl (C=O) groups is 1. The average molecular weight is 415 g/mol. The molecular weight excluding hydrogens is 403 g/mol. The van der Waals surface area contributed by atoms with Crippen molar-refractivity contribution in [2.45, 2.75) is 0 Å². The number of carbonyl (C=O) groups excluding carboxylic acids is 1. The van der Waals surface area contributed by atoms with E-state index in [2.05, 4.69) is 15.4 Å². The first-order chi connectivity index (χ1) is 13.1. The molecule has 0 aliphatic rings. The Balaban J connectivity index is 1.52. The van der Waals surface area contributed by atoms with Crippen molar-refractivity contribution in [3.05, 3.63) is 75.6 Å². The van der Waals surface area contributed by atoms with Gasteiger partial charge in [-0.05, 0) is 23.8 Å². The lowest BCUT2D eigenvalue weighted by Gasteiger charge is -1.99. The fourth-order valence-corrected chi connectivity index (χ4v) is 3.80. The second kappa shape index (κ2) is 7.52. The van der Waals surface area contributed by atoms with E-state index in [9.17, 15) is 4.79 Å². The van der Waals surface area contributed by atoms with Crippen LogP contribution >= 0.6 is 34.5 Å². The molecule has 0 unspecified atom stereocenters. The first kappa shape index (κ1) is 17.7. The van der Waals surface area contributed by atoms with Gasteiger partial charge in [-0.25, -0.2) is 4.52 Å². The normalized spacial score (nSPS) is 11.3. The minimum atomic E-state index is -0.347. The Morgan fingerprint density at radius 1 is 1.15 bits per heavy atom. The van der Waals surface area contributed by atoms with E-state index in [0.717, 1.165) is 11.3 Å². The van der Waals surface area contributed by atoms with Crippen molar-refractivity contribution in [3.63, 3.8) is 0 Å². The highest BCUT2D eigenvalue weighted by molar-refractivity contribution is 7.15. The van der Waals surface area contributed by atoms with Crippen LogP contribution in [0.2, 0.25) is 10.0 Å². The van der Waals surface area contributed by atoms with Gasteiger partial charge in [0.1, 0.15) is 0 Å². The van der Waals surface area contributed by atoms with Crippen molar-refractivity contribution in [1.82, 2.24) is 14.6 Å². The number of aromatic nitrogens is 3. The monoisotopic (exact) mass is 414 g/mol. The second-order valence-electron chi connectivity index (χ2n) is 5.61. The first-order valence-electron chi connectivity index (χ1n) is 7.94. The number of fused-ring (bicyclic) bond motifs is 1. The summed E-state index contributed by atoms with van der Waals surface area (Å²) in [7, 11) is 0. The van der Waals surface area contributed by atoms with Crippen molar-refractivity contribution < 1.29 is 4.79 Å². The molecule has 2 aromatic heterocycles. The van der Waals surface area contributed by atoms with Crippen LogP contribution in [0.25, 0.3) is 22.3 Å². The summed E-state index contributed by atoms with van der Waals surface area (Å²) >= 11 is 13.4. The minimum Gasteiger partial charge on any atom is -0.290 e. The third kappa shape index (κ3) is 3.88. The summed E-state index contributed by atoms with van der Waals surface area (Å²) in [5.74, 6) is -0.101. The van der Waals surface area contributed by atoms with Crippen molar-refractivity contribution >= 4 is 57.4 Å². The number of rotatable bonds is 4. The maximum Gasteiger partial charge on any atom is 0.250 e. The zero-order chi connectivity index (χ0) is 18.8. The van der Waals surface area contributed by atoms with Gasteiger partial charge >= 0.3 is 0 Å². The molecule has 2 aromatic carbocycles. The molecule has 0 bridgehead atoms. The molecular formula is C19H12Cl2N4OS. The highest BCUT2D eigenvalue weighted by Crippen LogP contribution is 2.26. The van der Waals surface area contributed by atoms with Gasteiger partial charge in [0.15, 0.2) is 0 Å². The molecule has 4 rings (SSSR count). The van der Waals surface area contributed by atoms with Crippen LogP contribution in [-0.2, 0) is 4.79 Å². The van der Waals surface area contributed by atoms with E-state index in [0.29, 0.717) is 20.6 Å². The minimum absolute atomic E-state index is 0.246. The number of amides is 1. The molecule has 2 heterocycles. The van der Waals surface area contributed by atoms with Crippen LogP contribution in [-0.4, -0.2) is 20.5 Å².